The van der Waals surface area contributed by atoms with Crippen molar-refractivity contribution in [3.8, 4) is 0 Å². The maximum absolute atomic E-state index is 10.7. The molecule has 8 nitrogen and oxygen atoms in total. The molecule has 0 aliphatic heterocycles. The van der Waals surface area contributed by atoms with E-state index in [1.165, 1.54) is 63.9 Å². The molecule has 0 aliphatic rings. The predicted molar refractivity (Wildman–Crippen MR) is 131 cm³/mol. The van der Waals surface area contributed by atoms with Crippen LogP contribution in [0.15, 0.2) is 25.3 Å². The van der Waals surface area contributed by atoms with Gasteiger partial charge in [0.2, 0.25) is 0 Å². The SMILES string of the molecule is C=CC(=O)OCC(O)CN(CCO)CCO.C=CC(=O)OCCCCCCCCCCCC. The van der Waals surface area contributed by atoms with E-state index < -0.39 is 12.1 Å². The highest BCUT2D eigenvalue weighted by Gasteiger charge is 2.12. The molecule has 0 fully saturated rings. The van der Waals surface area contributed by atoms with Crippen LogP contribution in [0, 0.1) is 0 Å². The molecule has 1 atom stereocenters. The third-order valence-corrected chi connectivity index (χ3v) is 4.79. The summed E-state index contributed by atoms with van der Waals surface area (Å²) in [5.74, 6) is -0.893. The average molecular weight is 474 g/mol. The fourth-order valence-electron chi connectivity index (χ4n) is 2.99. The molecule has 0 saturated heterocycles. The Morgan fingerprint density at radius 2 is 1.27 bits per heavy atom. The Morgan fingerprint density at radius 3 is 1.73 bits per heavy atom. The lowest BCUT2D eigenvalue weighted by Gasteiger charge is -2.22. The van der Waals surface area contributed by atoms with Crippen molar-refractivity contribution in [2.45, 2.75) is 77.2 Å². The number of hydrogen-bond acceptors (Lipinski definition) is 8. The van der Waals surface area contributed by atoms with Gasteiger partial charge in [-0.1, -0.05) is 77.9 Å². The quantitative estimate of drug-likeness (QED) is 0.132. The van der Waals surface area contributed by atoms with Crippen molar-refractivity contribution in [3.63, 3.8) is 0 Å². The van der Waals surface area contributed by atoms with E-state index in [2.05, 4.69) is 24.8 Å². The predicted octanol–water partition coefficient (Wildman–Crippen LogP) is 3.00. The molecule has 0 aromatic heterocycles. The molecule has 0 spiro atoms. The molecule has 0 aromatic rings. The number of aliphatic hydroxyl groups is 3. The largest absolute Gasteiger partial charge is 0.463 e. The van der Waals surface area contributed by atoms with Gasteiger partial charge in [0, 0.05) is 31.8 Å². The van der Waals surface area contributed by atoms with E-state index in [0.717, 1.165) is 12.5 Å². The van der Waals surface area contributed by atoms with E-state index in [4.69, 9.17) is 14.9 Å². The minimum atomic E-state index is -0.845. The molecule has 0 rings (SSSR count). The third-order valence-electron chi connectivity index (χ3n) is 4.79. The van der Waals surface area contributed by atoms with Gasteiger partial charge in [-0.15, -0.1) is 0 Å². The summed E-state index contributed by atoms with van der Waals surface area (Å²) in [4.78, 5) is 23.1. The molecule has 0 heterocycles. The summed E-state index contributed by atoms with van der Waals surface area (Å²) < 4.78 is 9.56. The Morgan fingerprint density at radius 1 is 0.818 bits per heavy atom. The van der Waals surface area contributed by atoms with Gasteiger partial charge in [0.05, 0.1) is 19.8 Å². The molecule has 8 heteroatoms. The normalized spacial score (nSPS) is 11.3. The van der Waals surface area contributed by atoms with E-state index in [1.807, 2.05) is 0 Å². The minimum Gasteiger partial charge on any atom is -0.463 e. The third kappa shape index (κ3) is 26.4. The molecule has 194 valence electrons. The van der Waals surface area contributed by atoms with E-state index in [0.29, 0.717) is 19.7 Å². The van der Waals surface area contributed by atoms with Crippen LogP contribution in [-0.4, -0.2) is 84.3 Å². The summed E-state index contributed by atoms with van der Waals surface area (Å²) in [5.41, 5.74) is 0. The van der Waals surface area contributed by atoms with Gasteiger partial charge < -0.3 is 24.8 Å². The summed E-state index contributed by atoms with van der Waals surface area (Å²) in [6.45, 7) is 10.1. The summed E-state index contributed by atoms with van der Waals surface area (Å²) in [6.07, 6.45) is 14.4. The lowest BCUT2D eigenvalue weighted by molar-refractivity contribution is -0.141. The van der Waals surface area contributed by atoms with Gasteiger partial charge >= 0.3 is 11.9 Å². The standard InChI is InChI=1S/C15H28O2.C10H19NO5/c1-3-5-6-7-8-9-10-11-12-13-14-17-15(16)4-2;1-2-10(15)16-8-9(14)7-11(3-5-12)4-6-13/h4H,2-3,5-14H2,1H3;2,9,12-14H,1,3-8H2. The molecule has 0 bridgehead atoms. The summed E-state index contributed by atoms with van der Waals surface area (Å²) in [6, 6.07) is 0. The Kier molecular flexibility index (Phi) is 26.9. The second-order valence-electron chi connectivity index (χ2n) is 7.79. The lowest BCUT2D eigenvalue weighted by Crippen LogP contribution is -2.38. The zero-order valence-corrected chi connectivity index (χ0v) is 20.6. The van der Waals surface area contributed by atoms with Gasteiger partial charge in [-0.2, -0.15) is 0 Å². The van der Waals surface area contributed by atoms with Gasteiger partial charge in [-0.3, -0.25) is 4.90 Å². The summed E-state index contributed by atoms with van der Waals surface area (Å²) >= 11 is 0. The van der Waals surface area contributed by atoms with E-state index in [1.54, 1.807) is 4.90 Å². The molecule has 3 N–H and O–H groups in total. The zero-order chi connectivity index (χ0) is 25.2. The van der Waals surface area contributed by atoms with Gasteiger partial charge in [0.25, 0.3) is 0 Å². The van der Waals surface area contributed by atoms with Crippen molar-refractivity contribution >= 4 is 11.9 Å². The monoisotopic (exact) mass is 473 g/mol. The lowest BCUT2D eigenvalue weighted by atomic mass is 10.1. The molecule has 0 saturated carbocycles. The molecule has 0 aliphatic carbocycles. The number of rotatable bonds is 21. The van der Waals surface area contributed by atoms with Crippen molar-refractivity contribution < 1.29 is 34.4 Å². The molecular weight excluding hydrogens is 426 g/mol. The zero-order valence-electron chi connectivity index (χ0n) is 20.6. The van der Waals surface area contributed by atoms with Crippen molar-refractivity contribution in [2.75, 3.05) is 46.1 Å². The summed E-state index contributed by atoms with van der Waals surface area (Å²) in [5, 5.41) is 27.0. The van der Waals surface area contributed by atoms with Gasteiger partial charge in [0.15, 0.2) is 0 Å². The van der Waals surface area contributed by atoms with Crippen molar-refractivity contribution in [1.29, 1.82) is 0 Å². The van der Waals surface area contributed by atoms with Crippen LogP contribution in [0.1, 0.15) is 71.1 Å². The Labute approximate surface area is 200 Å². The van der Waals surface area contributed by atoms with Crippen LogP contribution in [0.2, 0.25) is 0 Å². The smallest absolute Gasteiger partial charge is 0.330 e. The number of nitrogens with zero attached hydrogens (tertiary/aromatic N) is 1. The number of aliphatic hydroxyl groups excluding tert-OH is 3. The van der Waals surface area contributed by atoms with Crippen LogP contribution in [0.4, 0.5) is 0 Å². The summed E-state index contributed by atoms with van der Waals surface area (Å²) in [7, 11) is 0. The number of ether oxygens (including phenoxy) is 2. The maximum atomic E-state index is 10.7. The fourth-order valence-corrected chi connectivity index (χ4v) is 2.99. The van der Waals surface area contributed by atoms with Crippen LogP contribution >= 0.6 is 0 Å². The fraction of sp³-hybridized carbons (Fsp3) is 0.760. The Bertz CT molecular complexity index is 479. The highest BCUT2D eigenvalue weighted by molar-refractivity contribution is 5.81. The molecule has 0 radical (unpaired) electrons. The average Bonchev–Trinajstić information content (AvgIpc) is 2.81. The van der Waals surface area contributed by atoms with Gasteiger partial charge in [-0.05, 0) is 6.42 Å². The maximum Gasteiger partial charge on any atom is 0.330 e. The number of carbonyl (C=O) groups is 2. The van der Waals surface area contributed by atoms with Crippen LogP contribution < -0.4 is 0 Å². The van der Waals surface area contributed by atoms with Crippen LogP contribution in [-0.2, 0) is 19.1 Å². The van der Waals surface area contributed by atoms with Crippen molar-refractivity contribution in [2.24, 2.45) is 0 Å². The van der Waals surface area contributed by atoms with Crippen molar-refractivity contribution in [1.82, 2.24) is 4.90 Å². The highest BCUT2D eigenvalue weighted by atomic mass is 16.5. The first-order valence-electron chi connectivity index (χ1n) is 12.2. The number of esters is 2. The van der Waals surface area contributed by atoms with Gasteiger partial charge in [-0.25, -0.2) is 9.59 Å². The van der Waals surface area contributed by atoms with E-state index in [9.17, 15) is 14.7 Å². The van der Waals surface area contributed by atoms with Gasteiger partial charge in [0.1, 0.15) is 12.7 Å². The van der Waals surface area contributed by atoms with Crippen LogP contribution in [0.25, 0.3) is 0 Å². The molecule has 0 aromatic carbocycles. The number of carbonyl (C=O) groups excluding carboxylic acids is 2. The Balaban J connectivity index is 0. The first-order valence-corrected chi connectivity index (χ1v) is 12.2. The molecular formula is C25H47NO7. The van der Waals surface area contributed by atoms with E-state index in [-0.39, 0.29) is 32.3 Å². The number of unbranched alkanes of at least 4 members (excludes halogenated alkanes) is 9. The highest BCUT2D eigenvalue weighted by Crippen LogP contribution is 2.10. The second kappa shape index (κ2) is 26.5. The minimum absolute atomic E-state index is 0.0564. The molecule has 33 heavy (non-hydrogen) atoms. The molecule has 1 unspecified atom stereocenters. The van der Waals surface area contributed by atoms with Crippen molar-refractivity contribution in [3.05, 3.63) is 25.3 Å². The van der Waals surface area contributed by atoms with Crippen LogP contribution in [0.3, 0.4) is 0 Å². The second-order valence-corrected chi connectivity index (χ2v) is 7.79. The topological polar surface area (TPSA) is 117 Å². The number of hydrogen-bond donors (Lipinski definition) is 3. The Hall–Kier alpha value is -1.74. The van der Waals surface area contributed by atoms with Crippen LogP contribution in [0.5, 0.6) is 0 Å². The van der Waals surface area contributed by atoms with E-state index >= 15 is 0 Å². The molecule has 0 amide bonds. The first-order chi connectivity index (χ1) is 15.9. The first kappa shape index (κ1) is 33.4.